The van der Waals surface area contributed by atoms with Gasteiger partial charge in [0.15, 0.2) is 0 Å². The van der Waals surface area contributed by atoms with Crippen molar-refractivity contribution in [3.05, 3.63) is 0 Å². The molecule has 0 aromatic carbocycles. The first-order valence-corrected chi connectivity index (χ1v) is 4.14. The van der Waals surface area contributed by atoms with Crippen LogP contribution in [-0.2, 0) is 4.74 Å². The van der Waals surface area contributed by atoms with Crippen LogP contribution in [0.5, 0.6) is 0 Å². The van der Waals surface area contributed by atoms with Crippen molar-refractivity contribution in [3.8, 4) is 0 Å². The van der Waals surface area contributed by atoms with Gasteiger partial charge in [-0.1, -0.05) is 13.8 Å². The van der Waals surface area contributed by atoms with Crippen LogP contribution in [0.15, 0.2) is 0 Å². The normalized spacial score (nSPS) is 12.9. The van der Waals surface area contributed by atoms with Crippen molar-refractivity contribution in [2.24, 2.45) is 11.1 Å². The van der Waals surface area contributed by atoms with Gasteiger partial charge in [-0.3, -0.25) is 5.41 Å². The van der Waals surface area contributed by atoms with Gasteiger partial charge in [-0.25, -0.2) is 0 Å². The zero-order chi connectivity index (χ0) is 11.4. The molecule has 0 rings (SSSR count). The first kappa shape index (κ1) is 13.2. The minimum atomic E-state index is -4.29. The molecule has 0 saturated carbocycles. The molecule has 0 aromatic rings. The van der Waals surface area contributed by atoms with Crippen LogP contribution in [0.25, 0.3) is 0 Å². The van der Waals surface area contributed by atoms with Gasteiger partial charge in [-0.2, -0.15) is 13.2 Å². The molecule has 6 heteroatoms. The number of alkyl halides is 3. The lowest BCUT2D eigenvalue weighted by Gasteiger charge is -2.22. The Morgan fingerprint density at radius 3 is 2.21 bits per heavy atom. The predicted molar refractivity (Wildman–Crippen MR) is 47.2 cm³/mol. The Morgan fingerprint density at radius 1 is 1.36 bits per heavy atom. The fourth-order valence-corrected chi connectivity index (χ4v) is 0.650. The van der Waals surface area contributed by atoms with Crippen LogP contribution in [0.3, 0.4) is 0 Å². The molecule has 0 aliphatic heterocycles. The summed E-state index contributed by atoms with van der Waals surface area (Å²) in [5.74, 6) is -0.0480. The number of halogens is 3. The lowest BCUT2D eigenvalue weighted by Crippen LogP contribution is -2.32. The summed E-state index contributed by atoms with van der Waals surface area (Å²) in [6, 6.07) is 0. The molecule has 0 aliphatic carbocycles. The molecule has 0 bridgehead atoms. The third kappa shape index (κ3) is 5.80. The molecule has 3 N–H and O–H groups in total. The molecule has 0 saturated heterocycles. The van der Waals surface area contributed by atoms with E-state index in [-0.39, 0.29) is 12.4 Å². The van der Waals surface area contributed by atoms with Gasteiger partial charge in [0.2, 0.25) is 0 Å². The van der Waals surface area contributed by atoms with E-state index in [1.807, 2.05) is 0 Å². The van der Waals surface area contributed by atoms with Crippen LogP contribution in [0.4, 0.5) is 13.2 Å². The van der Waals surface area contributed by atoms with Crippen molar-refractivity contribution in [2.75, 3.05) is 13.2 Å². The zero-order valence-electron chi connectivity index (χ0n) is 8.24. The second kappa shape index (κ2) is 4.63. The number of rotatable bonds is 5. The lowest BCUT2D eigenvalue weighted by atomic mass is 9.89. The van der Waals surface area contributed by atoms with E-state index in [0.717, 1.165) is 0 Å². The van der Waals surface area contributed by atoms with Crippen LogP contribution in [0.2, 0.25) is 0 Å². The first-order chi connectivity index (χ1) is 6.15. The number of hydrogen-bond acceptors (Lipinski definition) is 2. The Bertz CT molecular complexity index is 201. The monoisotopic (exact) mass is 212 g/mol. The molecule has 3 nitrogen and oxygen atoms in total. The van der Waals surface area contributed by atoms with Gasteiger partial charge in [0.05, 0.1) is 5.84 Å². The van der Waals surface area contributed by atoms with Gasteiger partial charge in [0.25, 0.3) is 0 Å². The van der Waals surface area contributed by atoms with Gasteiger partial charge in [0, 0.05) is 12.0 Å². The number of nitrogens with two attached hydrogens (primary N) is 1. The highest BCUT2D eigenvalue weighted by Crippen LogP contribution is 2.20. The lowest BCUT2D eigenvalue weighted by molar-refractivity contribution is -0.174. The van der Waals surface area contributed by atoms with E-state index in [9.17, 15) is 13.2 Å². The molecule has 0 atom stereocenters. The molecule has 0 aliphatic rings. The standard InChI is InChI=1S/C8H15F3N2O/c1-7(2,6(12)13)3-4-14-5-8(9,10)11/h3-5H2,1-2H3,(H3,12,13). The molecular formula is C8H15F3N2O. The van der Waals surface area contributed by atoms with Crippen LogP contribution in [-0.4, -0.2) is 25.2 Å². The Balaban J connectivity index is 3.70. The minimum absolute atomic E-state index is 0.0480. The van der Waals surface area contributed by atoms with E-state index in [0.29, 0.717) is 6.42 Å². The first-order valence-electron chi connectivity index (χ1n) is 4.14. The number of hydrogen-bond donors (Lipinski definition) is 2. The summed E-state index contributed by atoms with van der Waals surface area (Å²) < 4.78 is 39.3. The van der Waals surface area contributed by atoms with Crippen molar-refractivity contribution in [2.45, 2.75) is 26.4 Å². The zero-order valence-corrected chi connectivity index (χ0v) is 8.24. The van der Waals surface area contributed by atoms with Crippen LogP contribution in [0.1, 0.15) is 20.3 Å². The summed E-state index contributed by atoms with van der Waals surface area (Å²) in [6.07, 6.45) is -3.99. The summed E-state index contributed by atoms with van der Waals surface area (Å²) in [4.78, 5) is 0. The van der Waals surface area contributed by atoms with Gasteiger partial charge >= 0.3 is 6.18 Å². The molecule has 14 heavy (non-hydrogen) atoms. The quantitative estimate of drug-likeness (QED) is 0.415. The molecular weight excluding hydrogens is 197 g/mol. The molecule has 0 radical (unpaired) electrons. The second-order valence-electron chi connectivity index (χ2n) is 3.72. The van der Waals surface area contributed by atoms with E-state index in [2.05, 4.69) is 4.74 Å². The third-order valence-corrected chi connectivity index (χ3v) is 1.87. The molecule has 0 aromatic heterocycles. The van der Waals surface area contributed by atoms with Crippen molar-refractivity contribution in [1.82, 2.24) is 0 Å². The fourth-order valence-electron chi connectivity index (χ4n) is 0.650. The topological polar surface area (TPSA) is 59.1 Å². The number of nitrogens with one attached hydrogen (secondary N) is 1. The highest BCUT2D eigenvalue weighted by Gasteiger charge is 2.28. The highest BCUT2D eigenvalue weighted by molar-refractivity contribution is 5.82. The van der Waals surface area contributed by atoms with E-state index < -0.39 is 18.2 Å². The smallest absolute Gasteiger partial charge is 0.387 e. The van der Waals surface area contributed by atoms with Crippen molar-refractivity contribution < 1.29 is 17.9 Å². The van der Waals surface area contributed by atoms with E-state index in [1.54, 1.807) is 13.8 Å². The van der Waals surface area contributed by atoms with Gasteiger partial charge in [0.1, 0.15) is 6.61 Å². The summed E-state index contributed by atoms with van der Waals surface area (Å²) >= 11 is 0. The Hall–Kier alpha value is -0.780. The van der Waals surface area contributed by atoms with Gasteiger partial charge in [-0.05, 0) is 6.42 Å². The van der Waals surface area contributed by atoms with Gasteiger partial charge in [-0.15, -0.1) is 0 Å². The van der Waals surface area contributed by atoms with Crippen molar-refractivity contribution in [3.63, 3.8) is 0 Å². The van der Waals surface area contributed by atoms with Crippen LogP contribution in [0, 0.1) is 10.8 Å². The third-order valence-electron chi connectivity index (χ3n) is 1.87. The predicted octanol–water partition coefficient (Wildman–Crippen LogP) is 1.92. The van der Waals surface area contributed by atoms with E-state index >= 15 is 0 Å². The molecule has 0 amide bonds. The summed E-state index contributed by atoms with van der Waals surface area (Å²) in [6.45, 7) is 2.08. The summed E-state index contributed by atoms with van der Waals surface area (Å²) in [7, 11) is 0. The largest absolute Gasteiger partial charge is 0.411 e. The minimum Gasteiger partial charge on any atom is -0.387 e. The van der Waals surface area contributed by atoms with E-state index in [4.69, 9.17) is 11.1 Å². The maximum atomic E-state index is 11.6. The number of amidine groups is 1. The summed E-state index contributed by atoms with van der Waals surface area (Å²) in [5.41, 5.74) is 4.64. The van der Waals surface area contributed by atoms with Crippen molar-refractivity contribution in [1.29, 1.82) is 5.41 Å². The fraction of sp³-hybridized carbons (Fsp3) is 0.875. The van der Waals surface area contributed by atoms with Crippen LogP contribution < -0.4 is 5.73 Å². The average molecular weight is 212 g/mol. The highest BCUT2D eigenvalue weighted by atomic mass is 19.4. The van der Waals surface area contributed by atoms with Crippen LogP contribution >= 0.6 is 0 Å². The maximum absolute atomic E-state index is 11.6. The van der Waals surface area contributed by atoms with Crippen molar-refractivity contribution >= 4 is 5.84 Å². The molecule has 0 fully saturated rings. The SMILES string of the molecule is CC(C)(CCOCC(F)(F)F)C(=N)N. The number of ether oxygens (including phenoxy) is 1. The Kier molecular flexibility index (Phi) is 4.38. The average Bonchev–Trinajstić information content (AvgIpc) is 1.96. The summed E-state index contributed by atoms with van der Waals surface area (Å²) in [5, 5.41) is 7.16. The molecule has 0 unspecified atom stereocenters. The second-order valence-corrected chi connectivity index (χ2v) is 3.72. The Morgan fingerprint density at radius 2 is 1.86 bits per heavy atom. The van der Waals surface area contributed by atoms with Gasteiger partial charge < -0.3 is 10.5 Å². The Labute approximate surface area is 80.9 Å². The maximum Gasteiger partial charge on any atom is 0.411 e. The molecule has 0 spiro atoms. The van der Waals surface area contributed by atoms with E-state index in [1.165, 1.54) is 0 Å². The molecule has 0 heterocycles. The molecule has 84 valence electrons.